The summed E-state index contributed by atoms with van der Waals surface area (Å²) < 4.78 is 0. The molecule has 2 aromatic carbocycles. The Kier molecular flexibility index (Phi) is 12.3. The number of hydrogen-bond acceptors (Lipinski definition) is 4. The molecule has 3 rings (SSSR count). The second kappa shape index (κ2) is 13.6. The van der Waals surface area contributed by atoms with Crippen LogP contribution in [-0.2, 0) is 39.0 Å². The topological polar surface area (TPSA) is 70.8 Å². The maximum atomic E-state index is 13.5. The first-order chi connectivity index (χ1) is 18.2. The number of halogens is 1. The van der Waals surface area contributed by atoms with Gasteiger partial charge >= 0.3 is 17.4 Å². The van der Waals surface area contributed by atoms with Gasteiger partial charge in [-0.25, -0.2) is 0 Å². The van der Waals surface area contributed by atoms with Gasteiger partial charge in [-0.2, -0.15) is 0 Å². The molecule has 1 fully saturated rings. The van der Waals surface area contributed by atoms with E-state index in [0.717, 1.165) is 47.9 Å². The van der Waals surface area contributed by atoms with Gasteiger partial charge in [-0.15, -0.1) is 0 Å². The summed E-state index contributed by atoms with van der Waals surface area (Å²) in [5.41, 5.74) is 4.62. The molecule has 0 heterocycles. The molecular weight excluding hydrogens is 563 g/mol. The van der Waals surface area contributed by atoms with Crippen LogP contribution >= 0.6 is 0 Å². The van der Waals surface area contributed by atoms with Crippen LogP contribution in [0.5, 0.6) is 11.5 Å². The zero-order valence-corrected chi connectivity index (χ0v) is 29.2. The standard InChI is InChI=1S/C36H54N2O2.Cr.FH/c1-33(2,3)25-17-23(31(39)27(19-25)35(7,8)9)21-37-29-15-13-14-16-30(29)38-22-24-18-26(34(4,5)6)20-28(32(24)40)36(10,11)12;;/h17-22,29-30,39-40H,13-16H2,1-12H3;;1H/q;+3;/p-3. The van der Waals surface area contributed by atoms with Crippen LogP contribution in [0.3, 0.4) is 0 Å². The van der Waals surface area contributed by atoms with Gasteiger partial charge in [0.15, 0.2) is 0 Å². The molecule has 0 aromatic heterocycles. The largest absolute Gasteiger partial charge is 3.00 e. The second-order valence-electron chi connectivity index (χ2n) is 15.9. The van der Waals surface area contributed by atoms with E-state index in [4.69, 9.17) is 9.98 Å². The molecule has 0 spiro atoms. The van der Waals surface area contributed by atoms with E-state index < -0.39 is 0 Å². The first-order valence-corrected chi connectivity index (χ1v) is 15.0. The Morgan fingerprint density at radius 1 is 0.571 bits per heavy atom. The van der Waals surface area contributed by atoms with Gasteiger partial charge in [0.2, 0.25) is 0 Å². The molecule has 1 aliphatic carbocycles. The Bertz CT molecular complexity index is 1170. The molecule has 1 radical (unpaired) electrons. The minimum atomic E-state index is -0.248. The van der Waals surface area contributed by atoms with Crippen LogP contribution in [0.15, 0.2) is 34.3 Å². The van der Waals surface area contributed by atoms with Crippen molar-refractivity contribution in [2.45, 2.75) is 143 Å². The predicted octanol–water partition coefficient (Wildman–Crippen LogP) is 4.87. The average Bonchev–Trinajstić information content (AvgIpc) is 2.80. The third-order valence-electron chi connectivity index (χ3n) is 8.09. The SMILES string of the molecule is CC(C)(C)c1cc(C=NC2CCCCC2N=Cc2cc(C(C)(C)C)cc(C(C)(C)C)c2[O-])c([O-])c(C(C)(C)C)c1.[Cr+3].[F-]. The maximum absolute atomic E-state index is 13.5. The Labute approximate surface area is 265 Å². The van der Waals surface area contributed by atoms with Crippen molar-refractivity contribution in [2.24, 2.45) is 9.98 Å². The van der Waals surface area contributed by atoms with Gasteiger partial charge < -0.3 is 14.9 Å². The predicted molar refractivity (Wildman–Crippen MR) is 168 cm³/mol. The van der Waals surface area contributed by atoms with E-state index in [1.807, 2.05) is 12.1 Å². The van der Waals surface area contributed by atoms with E-state index in [9.17, 15) is 10.2 Å². The molecule has 2 atom stereocenters. The molecule has 1 saturated carbocycles. The van der Waals surface area contributed by atoms with Crippen molar-refractivity contribution < 1.29 is 32.3 Å². The summed E-state index contributed by atoms with van der Waals surface area (Å²) in [6.45, 7) is 25.6. The van der Waals surface area contributed by atoms with E-state index in [1.165, 1.54) is 0 Å². The van der Waals surface area contributed by atoms with Gasteiger partial charge in [-0.3, -0.25) is 9.98 Å². The molecule has 4 nitrogen and oxygen atoms in total. The molecule has 2 unspecified atom stereocenters. The smallest absolute Gasteiger partial charge is 1.00 e. The molecule has 2 aromatic rings. The fourth-order valence-electron chi connectivity index (χ4n) is 5.27. The zero-order chi connectivity index (χ0) is 30.3. The van der Waals surface area contributed by atoms with Crippen LogP contribution < -0.4 is 14.9 Å². The van der Waals surface area contributed by atoms with Gasteiger partial charge in [-0.1, -0.05) is 132 Å². The molecule has 42 heavy (non-hydrogen) atoms. The Morgan fingerprint density at radius 3 is 1.14 bits per heavy atom. The summed E-state index contributed by atoms with van der Waals surface area (Å²) in [5.74, 6) is 0.120. The van der Waals surface area contributed by atoms with Gasteiger partial charge in [-0.05, 0) is 67.9 Å². The van der Waals surface area contributed by atoms with Gasteiger partial charge in [0, 0.05) is 12.4 Å². The summed E-state index contributed by atoms with van der Waals surface area (Å²) in [6.07, 6.45) is 7.63. The van der Waals surface area contributed by atoms with Crippen molar-refractivity contribution >= 4 is 12.4 Å². The van der Waals surface area contributed by atoms with Crippen molar-refractivity contribution in [1.29, 1.82) is 0 Å². The number of nitrogens with zero attached hydrogens (tertiary/aromatic N) is 2. The Balaban J connectivity index is 0.00000441. The molecule has 231 valence electrons. The molecule has 1 aliphatic rings. The monoisotopic (exact) mass is 615 g/mol. The average molecular weight is 616 g/mol. The van der Waals surface area contributed by atoms with E-state index in [-0.39, 0.29) is 67.3 Å². The van der Waals surface area contributed by atoms with Crippen molar-refractivity contribution in [2.75, 3.05) is 0 Å². The van der Waals surface area contributed by atoms with E-state index in [0.29, 0.717) is 11.1 Å². The minimum Gasteiger partial charge on any atom is -1.00 e. The molecule has 0 N–H and O–H groups in total. The van der Waals surface area contributed by atoms with Crippen molar-refractivity contribution in [3.05, 3.63) is 57.6 Å². The fourth-order valence-corrected chi connectivity index (χ4v) is 5.27. The summed E-state index contributed by atoms with van der Waals surface area (Å²) in [4.78, 5) is 9.95. The van der Waals surface area contributed by atoms with Crippen LogP contribution in [0.4, 0.5) is 0 Å². The minimum absolute atomic E-state index is 0. The van der Waals surface area contributed by atoms with E-state index in [1.54, 1.807) is 12.4 Å². The van der Waals surface area contributed by atoms with Crippen LogP contribution in [-0.4, -0.2) is 24.5 Å². The normalized spacial score (nSPS) is 18.7. The molecule has 6 heteroatoms. The summed E-state index contributed by atoms with van der Waals surface area (Å²) in [5, 5.41) is 26.9. The van der Waals surface area contributed by atoms with Crippen LogP contribution in [0.2, 0.25) is 0 Å². The molecule has 0 saturated heterocycles. The summed E-state index contributed by atoms with van der Waals surface area (Å²) >= 11 is 0. The number of hydrogen-bond donors (Lipinski definition) is 0. The van der Waals surface area contributed by atoms with Crippen molar-refractivity contribution in [1.82, 2.24) is 0 Å². The number of rotatable bonds is 4. The molecule has 0 aliphatic heterocycles. The van der Waals surface area contributed by atoms with Crippen molar-refractivity contribution in [3.63, 3.8) is 0 Å². The van der Waals surface area contributed by atoms with Crippen LogP contribution in [0.1, 0.15) is 142 Å². The molecular formula is C36H52CrFN2O2. The Morgan fingerprint density at radius 2 is 0.881 bits per heavy atom. The Hall–Kier alpha value is -2.16. The number of benzene rings is 2. The maximum Gasteiger partial charge on any atom is 3.00 e. The fraction of sp³-hybridized carbons (Fsp3) is 0.611. The third-order valence-corrected chi connectivity index (χ3v) is 8.09. The van der Waals surface area contributed by atoms with Gasteiger partial charge in [0.25, 0.3) is 0 Å². The summed E-state index contributed by atoms with van der Waals surface area (Å²) in [6, 6.07) is 8.15. The quantitative estimate of drug-likeness (QED) is 0.461. The third kappa shape index (κ3) is 9.17. The van der Waals surface area contributed by atoms with Crippen LogP contribution in [0, 0.1) is 0 Å². The number of aliphatic imine (C=N–C) groups is 2. The van der Waals surface area contributed by atoms with Crippen LogP contribution in [0.25, 0.3) is 0 Å². The zero-order valence-electron chi connectivity index (χ0n) is 27.9. The molecule has 0 bridgehead atoms. The van der Waals surface area contributed by atoms with Gasteiger partial charge in [0.05, 0.1) is 12.1 Å². The van der Waals surface area contributed by atoms with E-state index >= 15 is 0 Å². The van der Waals surface area contributed by atoms with E-state index in [2.05, 4.69) is 95.2 Å². The molecule has 0 amide bonds. The second-order valence-corrected chi connectivity index (χ2v) is 15.9. The van der Waals surface area contributed by atoms with Crippen molar-refractivity contribution in [3.8, 4) is 11.5 Å². The van der Waals surface area contributed by atoms with Gasteiger partial charge in [0.1, 0.15) is 0 Å². The summed E-state index contributed by atoms with van der Waals surface area (Å²) in [7, 11) is 0. The first-order valence-electron chi connectivity index (χ1n) is 15.0. The first kappa shape index (κ1) is 37.9.